The molecule has 2 unspecified atom stereocenters. The lowest BCUT2D eigenvalue weighted by molar-refractivity contribution is -0.141. The Kier molecular flexibility index (Phi) is 3.88. The maximum atomic E-state index is 11.8. The van der Waals surface area contributed by atoms with Gasteiger partial charge in [0, 0.05) is 37.3 Å². The van der Waals surface area contributed by atoms with Crippen molar-refractivity contribution in [2.45, 2.75) is 38.4 Å². The van der Waals surface area contributed by atoms with E-state index in [9.17, 15) is 9.59 Å². The van der Waals surface area contributed by atoms with Gasteiger partial charge in [-0.1, -0.05) is 30.3 Å². The molecule has 2 atom stereocenters. The Bertz CT molecular complexity index is 549. The first-order valence-electron chi connectivity index (χ1n) is 7.48. The molecule has 2 heterocycles. The first-order chi connectivity index (χ1) is 10.1. The average Bonchev–Trinajstić information content (AvgIpc) is 2.82. The van der Waals surface area contributed by atoms with E-state index in [0.29, 0.717) is 6.04 Å². The minimum atomic E-state index is -0.159. The van der Waals surface area contributed by atoms with Crippen LogP contribution in [0.2, 0.25) is 0 Å². The third-order valence-corrected chi connectivity index (χ3v) is 4.42. The van der Waals surface area contributed by atoms with Crippen LogP contribution in [0.15, 0.2) is 42.5 Å². The van der Waals surface area contributed by atoms with E-state index >= 15 is 0 Å². The van der Waals surface area contributed by atoms with E-state index in [4.69, 9.17) is 0 Å². The van der Waals surface area contributed by atoms with Gasteiger partial charge in [0.15, 0.2) is 0 Å². The summed E-state index contributed by atoms with van der Waals surface area (Å²) in [6, 6.07) is 10.8. The highest BCUT2D eigenvalue weighted by Crippen LogP contribution is 2.25. The van der Waals surface area contributed by atoms with Crippen LogP contribution in [0.25, 0.3) is 0 Å². The Morgan fingerprint density at radius 1 is 1.10 bits per heavy atom. The Labute approximate surface area is 125 Å². The summed E-state index contributed by atoms with van der Waals surface area (Å²) in [6.45, 7) is 4.01. The zero-order valence-corrected chi connectivity index (χ0v) is 12.2. The van der Waals surface area contributed by atoms with Crippen molar-refractivity contribution in [1.29, 1.82) is 0 Å². The zero-order chi connectivity index (χ0) is 14.8. The quantitative estimate of drug-likeness (QED) is 0.797. The second kappa shape index (κ2) is 5.82. The highest BCUT2D eigenvalue weighted by atomic mass is 16.2. The van der Waals surface area contributed by atoms with Crippen molar-refractivity contribution in [3.8, 4) is 0 Å². The molecular weight excluding hydrogens is 264 g/mol. The molecule has 2 amide bonds. The SMILES string of the molecule is CC1CC(N2C(=O)C=CC2=O)CCN1Cc1ccccc1. The molecule has 2 aliphatic heterocycles. The summed E-state index contributed by atoms with van der Waals surface area (Å²) in [5.74, 6) is -0.317. The Balaban J connectivity index is 1.62. The van der Waals surface area contributed by atoms with Gasteiger partial charge >= 0.3 is 0 Å². The summed E-state index contributed by atoms with van der Waals surface area (Å²) < 4.78 is 0. The molecule has 0 saturated carbocycles. The van der Waals surface area contributed by atoms with Crippen molar-refractivity contribution >= 4 is 11.8 Å². The highest BCUT2D eigenvalue weighted by molar-refractivity contribution is 6.13. The van der Waals surface area contributed by atoms with Crippen molar-refractivity contribution in [2.24, 2.45) is 0 Å². The number of carbonyl (C=O) groups is 2. The van der Waals surface area contributed by atoms with Gasteiger partial charge in [-0.05, 0) is 25.3 Å². The van der Waals surface area contributed by atoms with Crippen LogP contribution >= 0.6 is 0 Å². The molecule has 110 valence electrons. The number of hydrogen-bond acceptors (Lipinski definition) is 3. The fourth-order valence-corrected chi connectivity index (χ4v) is 3.25. The van der Waals surface area contributed by atoms with E-state index in [1.165, 1.54) is 22.6 Å². The smallest absolute Gasteiger partial charge is 0.253 e. The molecule has 21 heavy (non-hydrogen) atoms. The number of rotatable bonds is 3. The van der Waals surface area contributed by atoms with Crippen LogP contribution in [-0.4, -0.2) is 40.2 Å². The number of imide groups is 1. The van der Waals surface area contributed by atoms with Crippen molar-refractivity contribution in [3.05, 3.63) is 48.0 Å². The standard InChI is InChI=1S/C17H20N2O2/c1-13-11-15(19-16(20)7-8-17(19)21)9-10-18(13)12-14-5-3-2-4-6-14/h2-8,13,15H,9-12H2,1H3. The molecule has 0 aromatic heterocycles. The summed E-state index contributed by atoms with van der Waals surface area (Å²) in [6.07, 6.45) is 4.47. The van der Waals surface area contributed by atoms with Crippen molar-refractivity contribution in [3.63, 3.8) is 0 Å². The van der Waals surface area contributed by atoms with E-state index in [1.54, 1.807) is 0 Å². The number of benzene rings is 1. The first-order valence-corrected chi connectivity index (χ1v) is 7.48. The molecular formula is C17H20N2O2. The lowest BCUT2D eigenvalue weighted by atomic mass is 9.96. The van der Waals surface area contributed by atoms with E-state index in [0.717, 1.165) is 25.9 Å². The third-order valence-electron chi connectivity index (χ3n) is 4.42. The topological polar surface area (TPSA) is 40.6 Å². The summed E-state index contributed by atoms with van der Waals surface area (Å²) in [7, 11) is 0. The lowest BCUT2D eigenvalue weighted by Gasteiger charge is -2.40. The van der Waals surface area contributed by atoms with Crippen LogP contribution in [0.3, 0.4) is 0 Å². The van der Waals surface area contributed by atoms with Crippen LogP contribution in [0, 0.1) is 0 Å². The van der Waals surface area contributed by atoms with E-state index < -0.39 is 0 Å². The van der Waals surface area contributed by atoms with Crippen LogP contribution in [0.5, 0.6) is 0 Å². The second-order valence-electron chi connectivity index (χ2n) is 5.86. The van der Waals surface area contributed by atoms with Gasteiger partial charge in [0.1, 0.15) is 0 Å². The predicted molar refractivity (Wildman–Crippen MR) is 80.3 cm³/mol. The first kappa shape index (κ1) is 14.0. The van der Waals surface area contributed by atoms with E-state index in [-0.39, 0.29) is 17.9 Å². The normalized spacial score (nSPS) is 26.6. The highest BCUT2D eigenvalue weighted by Gasteiger charge is 2.35. The fourth-order valence-electron chi connectivity index (χ4n) is 3.25. The predicted octanol–water partition coefficient (Wildman–Crippen LogP) is 1.96. The molecule has 1 fully saturated rings. The van der Waals surface area contributed by atoms with Gasteiger partial charge in [0.25, 0.3) is 11.8 Å². The van der Waals surface area contributed by atoms with Crippen molar-refractivity contribution in [1.82, 2.24) is 9.80 Å². The second-order valence-corrected chi connectivity index (χ2v) is 5.86. The van der Waals surface area contributed by atoms with Gasteiger partial charge in [-0.3, -0.25) is 19.4 Å². The molecule has 4 heteroatoms. The molecule has 0 spiro atoms. The van der Waals surface area contributed by atoms with E-state index in [2.05, 4.69) is 36.1 Å². The van der Waals surface area contributed by atoms with Crippen LogP contribution in [0.4, 0.5) is 0 Å². The molecule has 1 aromatic carbocycles. The maximum Gasteiger partial charge on any atom is 0.253 e. The average molecular weight is 284 g/mol. The minimum Gasteiger partial charge on any atom is -0.296 e. The van der Waals surface area contributed by atoms with Crippen molar-refractivity contribution < 1.29 is 9.59 Å². The maximum absolute atomic E-state index is 11.8. The molecule has 2 aliphatic rings. The molecule has 1 aromatic rings. The number of likely N-dealkylation sites (tertiary alicyclic amines) is 1. The molecule has 0 aliphatic carbocycles. The summed E-state index contributed by atoms with van der Waals surface area (Å²) >= 11 is 0. The summed E-state index contributed by atoms with van der Waals surface area (Å²) in [5, 5.41) is 0. The molecule has 0 radical (unpaired) electrons. The van der Waals surface area contributed by atoms with Gasteiger partial charge in [-0.15, -0.1) is 0 Å². The van der Waals surface area contributed by atoms with Gasteiger partial charge in [0.05, 0.1) is 0 Å². The molecule has 0 bridgehead atoms. The molecule has 4 nitrogen and oxygen atoms in total. The van der Waals surface area contributed by atoms with E-state index in [1.807, 2.05) is 6.07 Å². The Morgan fingerprint density at radius 2 is 1.76 bits per heavy atom. The Hall–Kier alpha value is -1.94. The monoisotopic (exact) mass is 284 g/mol. The van der Waals surface area contributed by atoms with Gasteiger partial charge in [-0.2, -0.15) is 0 Å². The Morgan fingerprint density at radius 3 is 2.38 bits per heavy atom. The van der Waals surface area contributed by atoms with Crippen LogP contribution in [0.1, 0.15) is 25.3 Å². The number of hydrogen-bond donors (Lipinski definition) is 0. The van der Waals surface area contributed by atoms with Gasteiger partial charge in [0.2, 0.25) is 0 Å². The van der Waals surface area contributed by atoms with Gasteiger partial charge in [-0.25, -0.2) is 0 Å². The summed E-state index contributed by atoms with van der Waals surface area (Å²) in [4.78, 5) is 27.4. The molecule has 1 saturated heterocycles. The van der Waals surface area contributed by atoms with Crippen molar-refractivity contribution in [2.75, 3.05) is 6.54 Å². The third kappa shape index (κ3) is 2.90. The number of amides is 2. The summed E-state index contributed by atoms with van der Waals surface area (Å²) in [5.41, 5.74) is 1.30. The zero-order valence-electron chi connectivity index (χ0n) is 12.2. The number of nitrogens with zero attached hydrogens (tertiary/aromatic N) is 2. The number of carbonyl (C=O) groups excluding carboxylic acids is 2. The minimum absolute atomic E-state index is 0.0435. The van der Waals surface area contributed by atoms with Crippen LogP contribution < -0.4 is 0 Å². The fraction of sp³-hybridized carbons (Fsp3) is 0.412. The number of piperidine rings is 1. The molecule has 3 rings (SSSR count). The van der Waals surface area contributed by atoms with Gasteiger partial charge < -0.3 is 0 Å². The lowest BCUT2D eigenvalue weighted by Crippen LogP contribution is -2.50. The molecule has 0 N–H and O–H groups in total. The largest absolute Gasteiger partial charge is 0.296 e. The van der Waals surface area contributed by atoms with Crippen LogP contribution in [-0.2, 0) is 16.1 Å².